The lowest BCUT2D eigenvalue weighted by Gasteiger charge is -1.95. The molecule has 8 heteroatoms. The Morgan fingerprint density at radius 1 is 0.750 bits per heavy atom. The van der Waals surface area contributed by atoms with Crippen LogP contribution in [0.1, 0.15) is 23.0 Å². The van der Waals surface area contributed by atoms with Gasteiger partial charge in [0.1, 0.15) is 23.5 Å². The summed E-state index contributed by atoms with van der Waals surface area (Å²) in [6.45, 7) is 0. The summed E-state index contributed by atoms with van der Waals surface area (Å²) < 4.78 is 11.4. The Labute approximate surface area is 204 Å². The van der Waals surface area contributed by atoms with Gasteiger partial charge < -0.3 is 13.8 Å². The molecule has 0 unspecified atom stereocenters. The first kappa shape index (κ1) is 21.5. The molecule has 0 aromatic heterocycles. The monoisotopic (exact) mass is 476 g/mol. The molecule has 0 saturated heterocycles. The quantitative estimate of drug-likeness (QED) is 0.326. The highest BCUT2D eigenvalue weighted by molar-refractivity contribution is 5.85. The van der Waals surface area contributed by atoms with E-state index in [-0.39, 0.29) is 11.1 Å². The van der Waals surface area contributed by atoms with E-state index in [9.17, 15) is 9.59 Å². The third-order valence-corrected chi connectivity index (χ3v) is 5.81. The summed E-state index contributed by atoms with van der Waals surface area (Å²) >= 11 is 0. The SMILES string of the molecule is O=c1[nH]c(=O)c2cc3ccccc3[nH]ccoc3c(oc4c(nccnc5ccccc5cc1-2)C4)C3. The Balaban J connectivity index is 1.64. The number of nitrogens with one attached hydrogen (secondary N) is 2. The second-order valence-corrected chi connectivity index (χ2v) is 8.34. The minimum Gasteiger partial charge on any atom is -0.464 e. The van der Waals surface area contributed by atoms with Crippen LogP contribution in [0.3, 0.4) is 0 Å². The molecule has 0 amide bonds. The van der Waals surface area contributed by atoms with Crippen LogP contribution >= 0.6 is 0 Å². The van der Waals surface area contributed by atoms with E-state index in [1.807, 2.05) is 48.5 Å². The number of aromatic amines is 2. The second kappa shape index (κ2) is 8.99. The van der Waals surface area contributed by atoms with E-state index in [1.165, 1.54) is 0 Å². The van der Waals surface area contributed by atoms with E-state index >= 15 is 0 Å². The molecule has 0 saturated carbocycles. The van der Waals surface area contributed by atoms with Crippen LogP contribution in [0.4, 0.5) is 0 Å². The summed E-state index contributed by atoms with van der Waals surface area (Å²) in [5.41, 5.74) is 1.91. The van der Waals surface area contributed by atoms with Crippen LogP contribution < -0.4 is 11.1 Å². The summed E-state index contributed by atoms with van der Waals surface area (Å²) in [5, 5.41) is 1.44. The van der Waals surface area contributed by atoms with E-state index in [0.29, 0.717) is 23.7 Å². The summed E-state index contributed by atoms with van der Waals surface area (Å²) in [6, 6.07) is 18.2. The number of nitrogens with zero attached hydrogens (tertiary/aromatic N) is 2. The van der Waals surface area contributed by atoms with Crippen molar-refractivity contribution in [2.75, 3.05) is 0 Å². The minimum atomic E-state index is -0.453. The molecule has 4 aliphatic rings. The molecule has 8 nitrogen and oxygen atoms in total. The van der Waals surface area contributed by atoms with Gasteiger partial charge in [0.2, 0.25) is 0 Å². The zero-order valence-electron chi connectivity index (χ0n) is 19.0. The fourth-order valence-electron chi connectivity index (χ4n) is 3.81. The number of rotatable bonds is 0. The maximum atomic E-state index is 12.7. The van der Waals surface area contributed by atoms with Gasteiger partial charge in [0.15, 0.2) is 0 Å². The largest absolute Gasteiger partial charge is 0.464 e. The smallest absolute Gasteiger partial charge is 0.258 e. The number of H-pyrrole nitrogens is 2. The van der Waals surface area contributed by atoms with Crippen molar-refractivity contribution in [1.82, 2.24) is 19.9 Å². The maximum Gasteiger partial charge on any atom is 0.258 e. The second-order valence-electron chi connectivity index (χ2n) is 8.34. The van der Waals surface area contributed by atoms with E-state index in [4.69, 9.17) is 8.83 Å². The first-order valence-corrected chi connectivity index (χ1v) is 11.4. The minimum absolute atomic E-state index is 0.272. The van der Waals surface area contributed by atoms with Crippen LogP contribution in [-0.4, -0.2) is 19.9 Å². The molecular formula is C28H20N4O4. The summed E-state index contributed by atoms with van der Waals surface area (Å²) in [5.74, 6) is 2.40. The lowest BCUT2D eigenvalue weighted by Crippen LogP contribution is -2.04. The average Bonchev–Trinajstić information content (AvgIpc) is 3.79. The summed E-state index contributed by atoms with van der Waals surface area (Å²) in [6.07, 6.45) is 7.76. The number of fused-ring (bicyclic) bond motifs is 5. The third-order valence-electron chi connectivity index (χ3n) is 5.81. The third kappa shape index (κ3) is 4.52. The van der Waals surface area contributed by atoms with Crippen molar-refractivity contribution in [3.05, 3.63) is 129 Å². The number of para-hydroxylation sites is 2. The van der Waals surface area contributed by atoms with E-state index in [0.717, 1.165) is 33.9 Å². The van der Waals surface area contributed by atoms with Crippen molar-refractivity contribution >= 4 is 21.8 Å². The molecule has 36 heavy (non-hydrogen) atoms. The van der Waals surface area contributed by atoms with E-state index in [2.05, 4.69) is 19.9 Å². The number of hydrogen-bond donors (Lipinski definition) is 2. The highest BCUT2D eigenvalue weighted by Gasteiger charge is 2.26. The predicted octanol–water partition coefficient (Wildman–Crippen LogP) is 4.76. The molecule has 2 aliphatic carbocycles. The molecule has 6 rings (SSSR count). The lowest BCUT2D eigenvalue weighted by molar-refractivity contribution is 0.508. The van der Waals surface area contributed by atoms with Gasteiger partial charge in [-0.2, -0.15) is 0 Å². The maximum absolute atomic E-state index is 12.7. The number of hydrogen-bond acceptors (Lipinski definition) is 6. The van der Waals surface area contributed by atoms with E-state index in [1.54, 1.807) is 37.0 Å². The Kier molecular flexibility index (Phi) is 5.38. The molecule has 2 N–H and O–H groups in total. The lowest BCUT2D eigenvalue weighted by atomic mass is 10.1. The Morgan fingerprint density at radius 3 is 2.33 bits per heavy atom. The van der Waals surface area contributed by atoms with Crippen molar-refractivity contribution in [3.8, 4) is 11.1 Å². The first-order valence-electron chi connectivity index (χ1n) is 11.4. The summed E-state index contributed by atoms with van der Waals surface area (Å²) in [7, 11) is 0. The van der Waals surface area contributed by atoms with E-state index < -0.39 is 11.1 Å². The standard InChI is InChI=1S/C28H20N4O4/c33-27-19-13-17-5-1-3-7-21(17)29-9-10-30-23-15-24(23)36-26-16-25(26)35-12-11-31-22-8-4-2-6-18(22)14-20(19)28(34)32-27/h1-14,31H,15-16H2,(H,32,33,34). The van der Waals surface area contributed by atoms with Gasteiger partial charge in [-0.3, -0.25) is 24.5 Å². The molecular weight excluding hydrogens is 456 g/mol. The topological polar surface area (TPSA) is 118 Å². The summed E-state index contributed by atoms with van der Waals surface area (Å²) in [4.78, 5) is 39.8. The Hall–Kier alpha value is -4.98. The van der Waals surface area contributed by atoms with Crippen LogP contribution in [0.25, 0.3) is 32.9 Å². The van der Waals surface area contributed by atoms with Gasteiger partial charge >= 0.3 is 0 Å². The average molecular weight is 476 g/mol. The molecule has 2 aliphatic heterocycles. The number of benzene rings is 2. The van der Waals surface area contributed by atoms with Crippen molar-refractivity contribution in [1.29, 1.82) is 0 Å². The zero-order chi connectivity index (χ0) is 24.5. The fraction of sp³-hybridized carbons (Fsp3) is 0.0714. The highest BCUT2D eigenvalue weighted by Crippen LogP contribution is 2.30. The fourth-order valence-corrected chi connectivity index (χ4v) is 3.81. The normalized spacial score (nSPS) is 11.9. The number of aromatic nitrogens is 4. The van der Waals surface area contributed by atoms with Crippen LogP contribution in [0, 0.1) is 0 Å². The molecule has 0 spiro atoms. The van der Waals surface area contributed by atoms with Gasteiger partial charge in [-0.15, -0.1) is 0 Å². The highest BCUT2D eigenvalue weighted by atomic mass is 16.4. The molecule has 0 fully saturated rings. The van der Waals surface area contributed by atoms with Crippen LogP contribution in [0.2, 0.25) is 0 Å². The Morgan fingerprint density at radius 2 is 1.47 bits per heavy atom. The predicted molar refractivity (Wildman–Crippen MR) is 136 cm³/mol. The molecule has 2 aromatic carbocycles. The molecule has 0 atom stereocenters. The van der Waals surface area contributed by atoms with Crippen LogP contribution in [0.15, 0.2) is 104 Å². The van der Waals surface area contributed by atoms with Gasteiger partial charge in [0.25, 0.3) is 11.1 Å². The zero-order valence-corrected chi connectivity index (χ0v) is 19.0. The van der Waals surface area contributed by atoms with Crippen LogP contribution in [-0.2, 0) is 12.8 Å². The van der Waals surface area contributed by atoms with Crippen LogP contribution in [0.5, 0.6) is 0 Å². The molecule has 0 radical (unpaired) electrons. The molecule has 176 valence electrons. The van der Waals surface area contributed by atoms with Crippen molar-refractivity contribution in [2.24, 2.45) is 0 Å². The van der Waals surface area contributed by atoms with Crippen molar-refractivity contribution < 1.29 is 8.83 Å². The molecule has 2 heterocycles. The first-order chi connectivity index (χ1) is 17.7. The van der Waals surface area contributed by atoms with Gasteiger partial charge in [0.05, 0.1) is 35.2 Å². The van der Waals surface area contributed by atoms with Crippen molar-refractivity contribution in [2.45, 2.75) is 12.8 Å². The van der Waals surface area contributed by atoms with Gasteiger partial charge in [-0.1, -0.05) is 36.4 Å². The molecule has 0 bridgehead atoms. The Bertz CT molecular complexity index is 1730. The van der Waals surface area contributed by atoms with Gasteiger partial charge in [-0.25, -0.2) is 0 Å². The van der Waals surface area contributed by atoms with Gasteiger partial charge in [-0.05, 0) is 29.7 Å². The molecule has 2 aromatic rings. The van der Waals surface area contributed by atoms with Gasteiger partial charge in [0, 0.05) is 29.5 Å². The van der Waals surface area contributed by atoms with Crippen molar-refractivity contribution in [3.63, 3.8) is 0 Å².